The Morgan fingerprint density at radius 1 is 1.50 bits per heavy atom. The number of ether oxygens (including phenoxy) is 1. The van der Waals surface area contributed by atoms with Crippen molar-refractivity contribution in [1.82, 2.24) is 4.57 Å². The number of nitrogens with two attached hydrogens (primary N) is 1. The molecule has 1 amide bonds. The third-order valence-corrected chi connectivity index (χ3v) is 2.71. The second kappa shape index (κ2) is 3.89. The van der Waals surface area contributed by atoms with Crippen molar-refractivity contribution in [3.05, 3.63) is 30.0 Å². The number of rotatable bonds is 2. The molecule has 2 rings (SSSR count). The Balaban J connectivity index is 2.74. The lowest BCUT2D eigenvalue weighted by Crippen LogP contribution is -2.18. The molecule has 0 aliphatic heterocycles. The SMILES string of the molecule is CCc1cn(C(N)=O)c2ccc(OC)cc12. The molecule has 0 radical (unpaired) electrons. The summed E-state index contributed by atoms with van der Waals surface area (Å²) in [4.78, 5) is 11.3. The summed E-state index contributed by atoms with van der Waals surface area (Å²) in [5, 5.41) is 1.01. The molecule has 0 spiro atoms. The third kappa shape index (κ3) is 1.52. The molecule has 2 N–H and O–H groups in total. The molecule has 84 valence electrons. The first kappa shape index (κ1) is 10.5. The Bertz CT molecular complexity index is 543. The number of hydrogen-bond acceptors (Lipinski definition) is 2. The van der Waals surface area contributed by atoms with Gasteiger partial charge in [0, 0.05) is 11.6 Å². The fourth-order valence-corrected chi connectivity index (χ4v) is 1.87. The van der Waals surface area contributed by atoms with Crippen LogP contribution >= 0.6 is 0 Å². The Morgan fingerprint density at radius 3 is 2.81 bits per heavy atom. The Kier molecular flexibility index (Phi) is 2.56. The highest BCUT2D eigenvalue weighted by atomic mass is 16.5. The number of primary amides is 1. The normalized spacial score (nSPS) is 10.6. The molecule has 16 heavy (non-hydrogen) atoms. The van der Waals surface area contributed by atoms with Crippen molar-refractivity contribution < 1.29 is 9.53 Å². The first-order valence-corrected chi connectivity index (χ1v) is 5.15. The van der Waals surface area contributed by atoms with Crippen LogP contribution in [0.1, 0.15) is 12.5 Å². The number of benzene rings is 1. The zero-order valence-corrected chi connectivity index (χ0v) is 9.36. The van der Waals surface area contributed by atoms with Gasteiger partial charge in [0.2, 0.25) is 0 Å². The van der Waals surface area contributed by atoms with E-state index in [1.165, 1.54) is 4.57 Å². The zero-order chi connectivity index (χ0) is 11.7. The van der Waals surface area contributed by atoms with Crippen LogP contribution in [0.4, 0.5) is 4.79 Å². The van der Waals surface area contributed by atoms with Crippen molar-refractivity contribution in [3.63, 3.8) is 0 Å². The van der Waals surface area contributed by atoms with Crippen molar-refractivity contribution in [2.45, 2.75) is 13.3 Å². The fraction of sp³-hybridized carbons (Fsp3) is 0.250. The van der Waals surface area contributed by atoms with Crippen molar-refractivity contribution in [1.29, 1.82) is 0 Å². The molecule has 2 aromatic rings. The number of aromatic nitrogens is 1. The zero-order valence-electron chi connectivity index (χ0n) is 9.36. The maximum atomic E-state index is 11.3. The lowest BCUT2D eigenvalue weighted by molar-refractivity contribution is 0.251. The van der Waals surface area contributed by atoms with Crippen molar-refractivity contribution in [3.8, 4) is 5.75 Å². The highest BCUT2D eigenvalue weighted by Crippen LogP contribution is 2.26. The largest absolute Gasteiger partial charge is 0.497 e. The Hall–Kier alpha value is -1.97. The molecule has 0 saturated heterocycles. The molecule has 0 aliphatic carbocycles. The van der Waals surface area contributed by atoms with Crippen LogP contribution in [-0.2, 0) is 6.42 Å². The molecule has 0 unspecified atom stereocenters. The molecule has 1 aromatic carbocycles. The molecule has 0 bridgehead atoms. The summed E-state index contributed by atoms with van der Waals surface area (Å²) >= 11 is 0. The molecule has 1 aromatic heterocycles. The molecule has 0 fully saturated rings. The average Bonchev–Trinajstić information content (AvgIpc) is 2.66. The van der Waals surface area contributed by atoms with Crippen molar-refractivity contribution in [2.24, 2.45) is 5.73 Å². The van der Waals surface area contributed by atoms with Gasteiger partial charge in [-0.25, -0.2) is 4.79 Å². The number of carbonyl (C=O) groups is 1. The van der Waals surface area contributed by atoms with E-state index in [-0.39, 0.29) is 0 Å². The van der Waals surface area contributed by atoms with E-state index in [0.29, 0.717) is 0 Å². The fourth-order valence-electron chi connectivity index (χ4n) is 1.87. The average molecular weight is 218 g/mol. The minimum absolute atomic E-state index is 0.463. The summed E-state index contributed by atoms with van der Waals surface area (Å²) in [6.07, 6.45) is 2.64. The van der Waals surface area contributed by atoms with Gasteiger partial charge in [-0.15, -0.1) is 0 Å². The standard InChI is InChI=1S/C12H14N2O2/c1-3-8-7-14(12(13)15)11-5-4-9(16-2)6-10(8)11/h4-7H,3H2,1-2H3,(H2,13,15). The predicted molar refractivity (Wildman–Crippen MR) is 62.8 cm³/mol. The lowest BCUT2D eigenvalue weighted by atomic mass is 10.1. The van der Waals surface area contributed by atoms with Crippen LogP contribution in [0.5, 0.6) is 5.75 Å². The molecule has 0 saturated carbocycles. The number of methoxy groups -OCH3 is 1. The van der Waals surface area contributed by atoms with Crippen LogP contribution < -0.4 is 10.5 Å². The molecule has 4 nitrogen and oxygen atoms in total. The van der Waals surface area contributed by atoms with Crippen molar-refractivity contribution in [2.75, 3.05) is 7.11 Å². The third-order valence-electron chi connectivity index (χ3n) is 2.71. The van der Waals surface area contributed by atoms with E-state index in [9.17, 15) is 4.79 Å². The van der Waals surface area contributed by atoms with E-state index in [1.54, 1.807) is 13.3 Å². The number of amides is 1. The van der Waals surface area contributed by atoms with Crippen LogP contribution in [0.2, 0.25) is 0 Å². The number of fused-ring (bicyclic) bond motifs is 1. The second-order valence-corrected chi connectivity index (χ2v) is 3.60. The Labute approximate surface area is 93.6 Å². The quantitative estimate of drug-likeness (QED) is 0.839. The lowest BCUT2D eigenvalue weighted by Gasteiger charge is -2.01. The highest BCUT2D eigenvalue weighted by Gasteiger charge is 2.10. The number of hydrogen-bond donors (Lipinski definition) is 1. The molecule has 4 heteroatoms. The molecule has 0 aliphatic rings. The van der Waals surface area contributed by atoms with E-state index < -0.39 is 6.03 Å². The number of carbonyl (C=O) groups excluding carboxylic acids is 1. The van der Waals surface area contributed by atoms with Gasteiger partial charge in [-0.05, 0) is 30.2 Å². The van der Waals surface area contributed by atoms with E-state index in [4.69, 9.17) is 10.5 Å². The van der Waals surface area contributed by atoms with Gasteiger partial charge in [-0.2, -0.15) is 0 Å². The summed E-state index contributed by atoms with van der Waals surface area (Å²) in [6.45, 7) is 2.04. The van der Waals surface area contributed by atoms with E-state index in [1.807, 2.05) is 25.1 Å². The highest BCUT2D eigenvalue weighted by molar-refractivity contribution is 5.93. The van der Waals surface area contributed by atoms with Gasteiger partial charge in [0.15, 0.2) is 0 Å². The number of aryl methyl sites for hydroxylation is 1. The van der Waals surface area contributed by atoms with Crippen LogP contribution in [0.25, 0.3) is 10.9 Å². The summed E-state index contributed by atoms with van der Waals surface area (Å²) in [5.41, 5.74) is 7.23. The maximum absolute atomic E-state index is 11.3. The minimum atomic E-state index is -0.463. The van der Waals surface area contributed by atoms with Crippen LogP contribution in [0, 0.1) is 0 Å². The van der Waals surface area contributed by atoms with Gasteiger partial charge in [0.05, 0.1) is 12.6 Å². The van der Waals surface area contributed by atoms with E-state index >= 15 is 0 Å². The van der Waals surface area contributed by atoms with Gasteiger partial charge < -0.3 is 10.5 Å². The van der Waals surface area contributed by atoms with Crippen LogP contribution in [-0.4, -0.2) is 17.7 Å². The summed E-state index contributed by atoms with van der Waals surface area (Å²) in [7, 11) is 1.62. The van der Waals surface area contributed by atoms with Crippen LogP contribution in [0.15, 0.2) is 24.4 Å². The summed E-state index contributed by atoms with van der Waals surface area (Å²) < 4.78 is 6.63. The maximum Gasteiger partial charge on any atom is 0.323 e. The minimum Gasteiger partial charge on any atom is -0.497 e. The predicted octanol–water partition coefficient (Wildman–Crippen LogP) is 2.14. The van der Waals surface area contributed by atoms with Crippen LogP contribution in [0.3, 0.4) is 0 Å². The first-order chi connectivity index (χ1) is 7.67. The van der Waals surface area contributed by atoms with Gasteiger partial charge in [-0.1, -0.05) is 6.92 Å². The molecule has 0 atom stereocenters. The van der Waals surface area contributed by atoms with E-state index in [0.717, 1.165) is 28.6 Å². The topological polar surface area (TPSA) is 57.2 Å². The first-order valence-electron chi connectivity index (χ1n) is 5.15. The number of nitrogens with zero attached hydrogens (tertiary/aromatic N) is 1. The van der Waals surface area contributed by atoms with Gasteiger partial charge in [0.1, 0.15) is 5.75 Å². The monoisotopic (exact) mass is 218 g/mol. The smallest absolute Gasteiger partial charge is 0.323 e. The van der Waals surface area contributed by atoms with Gasteiger partial charge in [-0.3, -0.25) is 4.57 Å². The molecular weight excluding hydrogens is 204 g/mol. The van der Waals surface area contributed by atoms with Crippen molar-refractivity contribution >= 4 is 16.9 Å². The summed E-state index contributed by atoms with van der Waals surface area (Å²) in [5.74, 6) is 0.782. The Morgan fingerprint density at radius 2 is 2.25 bits per heavy atom. The molecule has 1 heterocycles. The summed E-state index contributed by atoms with van der Waals surface area (Å²) in [6, 6.07) is 5.13. The van der Waals surface area contributed by atoms with E-state index in [2.05, 4.69) is 0 Å². The second-order valence-electron chi connectivity index (χ2n) is 3.60. The molecular formula is C12H14N2O2. The van der Waals surface area contributed by atoms with Gasteiger partial charge in [0.25, 0.3) is 0 Å². The van der Waals surface area contributed by atoms with Gasteiger partial charge >= 0.3 is 6.03 Å².